The second-order valence-corrected chi connectivity index (χ2v) is 2.94. The summed E-state index contributed by atoms with van der Waals surface area (Å²) in [7, 11) is 3.70. The highest BCUT2D eigenvalue weighted by atomic mass is 15.3. The Labute approximate surface area is 73.4 Å². The number of hydrogen-bond donors (Lipinski definition) is 4. The largest absolute Gasteiger partial charge is 0.304 e. The quantitative estimate of drug-likeness (QED) is 0.338. The average Bonchev–Trinajstić information content (AvgIpc) is 1.98. The molecule has 0 fully saturated rings. The molecule has 0 aliphatic heterocycles. The van der Waals surface area contributed by atoms with Crippen LogP contribution in [-0.4, -0.2) is 49.6 Å². The third kappa shape index (κ3) is 4.60. The van der Waals surface area contributed by atoms with Crippen LogP contribution in [0, 0.1) is 0 Å². The van der Waals surface area contributed by atoms with Crippen LogP contribution >= 0.6 is 0 Å². The van der Waals surface area contributed by atoms with Gasteiger partial charge in [0, 0.05) is 13.1 Å². The Morgan fingerprint density at radius 2 is 1.08 bits per heavy atom. The lowest BCUT2D eigenvalue weighted by Crippen LogP contribution is -2.52. The van der Waals surface area contributed by atoms with Gasteiger partial charge in [-0.25, -0.2) is 0 Å². The molecule has 0 amide bonds. The van der Waals surface area contributed by atoms with E-state index in [0.29, 0.717) is 0 Å². The predicted octanol–water partition coefficient (Wildman–Crippen LogP) is -2.75. The zero-order valence-corrected chi connectivity index (χ0v) is 7.77. The van der Waals surface area contributed by atoms with Gasteiger partial charge in [0.2, 0.25) is 0 Å². The van der Waals surface area contributed by atoms with Crippen molar-refractivity contribution in [1.82, 2.24) is 9.80 Å². The van der Waals surface area contributed by atoms with E-state index in [1.165, 1.54) is 0 Å². The van der Waals surface area contributed by atoms with Crippen molar-refractivity contribution in [2.45, 2.75) is 12.6 Å². The Morgan fingerprint density at radius 3 is 1.25 bits per heavy atom. The maximum absolute atomic E-state index is 5.42. The van der Waals surface area contributed by atoms with Gasteiger partial charge >= 0.3 is 0 Å². The van der Waals surface area contributed by atoms with E-state index < -0.39 is 12.6 Å². The minimum absolute atomic E-state index is 0.424. The smallest absolute Gasteiger partial charge is 0.109 e. The van der Waals surface area contributed by atoms with Crippen LogP contribution in [0.15, 0.2) is 0 Å². The first-order valence-corrected chi connectivity index (χ1v) is 3.88. The third-order valence-corrected chi connectivity index (χ3v) is 1.82. The van der Waals surface area contributed by atoms with Gasteiger partial charge in [0.1, 0.15) is 12.6 Å². The molecule has 0 aromatic rings. The standard InChI is InChI=1S/C6H20N6/c1-11(5(7)8)3-4-12(2)6(9)10/h5-6H,3-4,7-10H2,1-2H3. The van der Waals surface area contributed by atoms with Crippen molar-refractivity contribution in [3.8, 4) is 0 Å². The van der Waals surface area contributed by atoms with Gasteiger partial charge in [-0.1, -0.05) is 0 Å². The molecule has 12 heavy (non-hydrogen) atoms. The van der Waals surface area contributed by atoms with Crippen LogP contribution < -0.4 is 22.9 Å². The van der Waals surface area contributed by atoms with Crippen molar-refractivity contribution in [3.63, 3.8) is 0 Å². The molecular formula is C6H20N6. The van der Waals surface area contributed by atoms with Gasteiger partial charge in [-0.05, 0) is 14.1 Å². The second-order valence-electron chi connectivity index (χ2n) is 2.94. The molecule has 0 aromatic carbocycles. The van der Waals surface area contributed by atoms with E-state index in [-0.39, 0.29) is 0 Å². The molecule has 0 atom stereocenters. The first kappa shape index (κ1) is 11.8. The molecule has 0 rings (SSSR count). The Hall–Kier alpha value is -0.240. The summed E-state index contributed by atoms with van der Waals surface area (Å²) >= 11 is 0. The molecular weight excluding hydrogens is 156 g/mol. The maximum Gasteiger partial charge on any atom is 0.109 e. The molecule has 0 heterocycles. The van der Waals surface area contributed by atoms with E-state index in [1.54, 1.807) is 0 Å². The number of rotatable bonds is 5. The van der Waals surface area contributed by atoms with Crippen LogP contribution in [0.4, 0.5) is 0 Å². The summed E-state index contributed by atoms with van der Waals surface area (Å²) < 4.78 is 0. The zero-order chi connectivity index (χ0) is 9.72. The lowest BCUT2D eigenvalue weighted by molar-refractivity contribution is 0.184. The third-order valence-electron chi connectivity index (χ3n) is 1.82. The van der Waals surface area contributed by atoms with Gasteiger partial charge < -0.3 is 22.9 Å². The molecule has 0 unspecified atom stereocenters. The van der Waals surface area contributed by atoms with E-state index in [4.69, 9.17) is 22.9 Å². The molecule has 0 saturated carbocycles. The summed E-state index contributed by atoms with van der Waals surface area (Å²) in [5.74, 6) is 0. The predicted molar refractivity (Wildman–Crippen MR) is 49.6 cm³/mol. The van der Waals surface area contributed by atoms with Crippen LogP contribution in [0.3, 0.4) is 0 Å². The highest BCUT2D eigenvalue weighted by Gasteiger charge is 2.07. The summed E-state index contributed by atoms with van der Waals surface area (Å²) in [5, 5.41) is 0. The van der Waals surface area contributed by atoms with Crippen LogP contribution in [0.5, 0.6) is 0 Å². The SMILES string of the molecule is CN(CCN(C)C(N)N)C(N)N. The second kappa shape index (κ2) is 5.41. The molecule has 0 aliphatic carbocycles. The summed E-state index contributed by atoms with van der Waals surface area (Å²) in [5.41, 5.74) is 21.7. The van der Waals surface area contributed by atoms with Gasteiger partial charge in [-0.15, -0.1) is 0 Å². The van der Waals surface area contributed by atoms with Gasteiger partial charge in [-0.2, -0.15) is 0 Å². The van der Waals surface area contributed by atoms with Crippen LogP contribution in [0.1, 0.15) is 0 Å². The van der Waals surface area contributed by atoms with Crippen molar-refractivity contribution in [2.24, 2.45) is 22.9 Å². The molecule has 0 aliphatic rings. The molecule has 0 saturated heterocycles. The minimum Gasteiger partial charge on any atom is -0.304 e. The first-order chi connectivity index (χ1) is 5.45. The fraction of sp³-hybridized carbons (Fsp3) is 1.00. The van der Waals surface area contributed by atoms with Crippen LogP contribution in [0.25, 0.3) is 0 Å². The lowest BCUT2D eigenvalue weighted by Gasteiger charge is -2.26. The fourth-order valence-corrected chi connectivity index (χ4v) is 0.614. The highest BCUT2D eigenvalue weighted by molar-refractivity contribution is 4.59. The number of nitrogens with two attached hydrogens (primary N) is 4. The molecule has 0 radical (unpaired) electrons. The monoisotopic (exact) mass is 176 g/mol. The summed E-state index contributed by atoms with van der Waals surface area (Å²) in [4.78, 5) is 3.64. The van der Waals surface area contributed by atoms with E-state index in [0.717, 1.165) is 13.1 Å². The molecule has 8 N–H and O–H groups in total. The summed E-state index contributed by atoms with van der Waals surface area (Å²) in [6.07, 6.45) is -0.847. The van der Waals surface area contributed by atoms with Crippen molar-refractivity contribution in [2.75, 3.05) is 27.2 Å². The number of nitrogens with zero attached hydrogens (tertiary/aromatic N) is 2. The van der Waals surface area contributed by atoms with Crippen molar-refractivity contribution in [3.05, 3.63) is 0 Å². The maximum atomic E-state index is 5.42. The van der Waals surface area contributed by atoms with Crippen LogP contribution in [0.2, 0.25) is 0 Å². The van der Waals surface area contributed by atoms with Gasteiger partial charge in [-0.3, -0.25) is 9.80 Å². The van der Waals surface area contributed by atoms with E-state index in [9.17, 15) is 0 Å². The lowest BCUT2D eigenvalue weighted by atomic mass is 10.5. The van der Waals surface area contributed by atoms with E-state index in [2.05, 4.69) is 0 Å². The zero-order valence-electron chi connectivity index (χ0n) is 7.77. The average molecular weight is 176 g/mol. The minimum atomic E-state index is -0.424. The van der Waals surface area contributed by atoms with Crippen LogP contribution in [-0.2, 0) is 0 Å². The molecule has 74 valence electrons. The highest BCUT2D eigenvalue weighted by Crippen LogP contribution is 1.86. The fourth-order valence-electron chi connectivity index (χ4n) is 0.614. The Kier molecular flexibility index (Phi) is 5.31. The Morgan fingerprint density at radius 1 is 0.833 bits per heavy atom. The Bertz CT molecular complexity index is 101. The molecule has 0 aromatic heterocycles. The normalized spacial score (nSPS) is 12.5. The van der Waals surface area contributed by atoms with Gasteiger partial charge in [0.15, 0.2) is 0 Å². The van der Waals surface area contributed by atoms with Gasteiger partial charge in [0.25, 0.3) is 0 Å². The summed E-state index contributed by atoms with van der Waals surface area (Å²) in [6.45, 7) is 1.50. The van der Waals surface area contributed by atoms with Gasteiger partial charge in [0.05, 0.1) is 0 Å². The van der Waals surface area contributed by atoms with E-state index in [1.807, 2.05) is 23.9 Å². The Balaban J connectivity index is 3.54. The molecule has 0 spiro atoms. The van der Waals surface area contributed by atoms with E-state index >= 15 is 0 Å². The molecule has 6 nitrogen and oxygen atoms in total. The first-order valence-electron chi connectivity index (χ1n) is 3.88. The van der Waals surface area contributed by atoms with Crippen molar-refractivity contribution >= 4 is 0 Å². The number of hydrogen-bond acceptors (Lipinski definition) is 6. The summed E-state index contributed by atoms with van der Waals surface area (Å²) in [6, 6.07) is 0. The number of likely N-dealkylation sites (N-methyl/N-ethyl adjacent to an activating group) is 2. The van der Waals surface area contributed by atoms with Crippen molar-refractivity contribution < 1.29 is 0 Å². The molecule has 6 heteroatoms. The topological polar surface area (TPSA) is 111 Å². The molecule has 0 bridgehead atoms. The van der Waals surface area contributed by atoms with Crippen molar-refractivity contribution in [1.29, 1.82) is 0 Å².